The van der Waals surface area contributed by atoms with Gasteiger partial charge in [-0.25, -0.2) is 0 Å². The first kappa shape index (κ1) is 28.3. The molecule has 0 N–H and O–H groups in total. The van der Waals surface area contributed by atoms with E-state index in [4.69, 9.17) is 9.97 Å². The van der Waals surface area contributed by atoms with Crippen LogP contribution in [0.4, 0.5) is 0 Å². The van der Waals surface area contributed by atoms with Crippen molar-refractivity contribution >= 4 is 21.5 Å². The van der Waals surface area contributed by atoms with Gasteiger partial charge < -0.3 is 0 Å². The van der Waals surface area contributed by atoms with E-state index in [2.05, 4.69) is 132 Å². The van der Waals surface area contributed by atoms with Crippen LogP contribution in [0.3, 0.4) is 0 Å². The van der Waals surface area contributed by atoms with Crippen molar-refractivity contribution in [1.82, 2.24) is 15.0 Å². The molecule has 0 radical (unpaired) electrons. The third-order valence-corrected chi connectivity index (χ3v) is 9.94. The second-order valence-electron chi connectivity index (χ2n) is 12.8. The molecule has 1 aliphatic carbocycles. The normalized spacial score (nSPS) is 11.6. The van der Waals surface area contributed by atoms with Crippen molar-refractivity contribution in [2.75, 3.05) is 0 Å². The molecule has 3 heterocycles. The quantitative estimate of drug-likeness (QED) is 0.177. The predicted molar refractivity (Wildman–Crippen MR) is 206 cm³/mol. The van der Waals surface area contributed by atoms with Crippen LogP contribution in [0.2, 0.25) is 0 Å². The first-order valence-corrected chi connectivity index (χ1v) is 16.9. The maximum absolute atomic E-state index is 4.96. The molecule has 0 aliphatic heterocycles. The van der Waals surface area contributed by atoms with E-state index in [0.29, 0.717) is 0 Å². The highest BCUT2D eigenvalue weighted by molar-refractivity contribution is 6.29. The minimum absolute atomic E-state index is 0.903. The van der Waals surface area contributed by atoms with Gasteiger partial charge >= 0.3 is 0 Å². The Kier molecular flexibility index (Phi) is 6.49. The minimum atomic E-state index is 0.903. The largest absolute Gasteiger partial charge is 0.256 e. The van der Waals surface area contributed by atoms with Gasteiger partial charge in [-0.1, -0.05) is 97.1 Å². The van der Waals surface area contributed by atoms with Crippen molar-refractivity contribution in [2.24, 2.45) is 0 Å². The third-order valence-electron chi connectivity index (χ3n) is 9.94. The van der Waals surface area contributed by atoms with Crippen LogP contribution in [0, 0.1) is 0 Å². The molecule has 0 saturated heterocycles. The summed E-state index contributed by atoms with van der Waals surface area (Å²) in [7, 11) is 0. The van der Waals surface area contributed by atoms with Gasteiger partial charge in [-0.15, -0.1) is 0 Å². The van der Waals surface area contributed by atoms with E-state index < -0.39 is 0 Å². The van der Waals surface area contributed by atoms with E-state index >= 15 is 0 Å². The first-order valence-electron chi connectivity index (χ1n) is 16.9. The Morgan fingerprint density at radius 2 is 0.920 bits per heavy atom. The second-order valence-corrected chi connectivity index (χ2v) is 12.8. The first-order chi connectivity index (χ1) is 24.8. The number of hydrogen-bond donors (Lipinski definition) is 0. The van der Waals surface area contributed by atoms with Gasteiger partial charge in [-0.3, -0.25) is 15.0 Å². The molecule has 1 aliphatic rings. The molecule has 0 unspecified atom stereocenters. The lowest BCUT2D eigenvalue weighted by atomic mass is 9.86. The van der Waals surface area contributed by atoms with Crippen molar-refractivity contribution in [3.8, 4) is 78.3 Å². The van der Waals surface area contributed by atoms with Crippen LogP contribution < -0.4 is 0 Å². The maximum Gasteiger partial charge on any atom is 0.0717 e. The molecule has 0 atom stereocenters. The number of rotatable bonds is 5. The van der Waals surface area contributed by atoms with Gasteiger partial charge in [0.05, 0.1) is 17.1 Å². The number of pyridine rings is 3. The molecule has 0 bridgehead atoms. The zero-order valence-electron chi connectivity index (χ0n) is 27.1. The Balaban J connectivity index is 1.22. The zero-order valence-corrected chi connectivity index (χ0v) is 27.1. The van der Waals surface area contributed by atoms with Crippen molar-refractivity contribution in [1.29, 1.82) is 0 Å². The molecule has 0 amide bonds. The smallest absolute Gasteiger partial charge is 0.0717 e. The molecule has 3 heteroatoms. The molecule has 6 aromatic carbocycles. The fourth-order valence-electron chi connectivity index (χ4n) is 7.69. The fourth-order valence-corrected chi connectivity index (χ4v) is 7.69. The number of nitrogens with zero attached hydrogens (tertiary/aromatic N) is 3. The zero-order chi connectivity index (χ0) is 33.0. The van der Waals surface area contributed by atoms with Gasteiger partial charge in [0.25, 0.3) is 0 Å². The standard InChI is InChI=1S/C47H29N3/c1-2-11-30(12-3-1)31-19-21-39-41(28-31)38-15-10-16-40-45(36-13-4-5-14-37(36)46(39)47(38)40)35-26-33(43-18-7-9-24-49-43)25-34(27-35)44-22-20-32(29-50-44)42-17-6-8-23-48-42/h1-29H. The number of aromatic nitrogens is 3. The Bertz CT molecular complexity index is 2720. The highest BCUT2D eigenvalue weighted by Gasteiger charge is 2.27. The van der Waals surface area contributed by atoms with E-state index in [-0.39, 0.29) is 0 Å². The van der Waals surface area contributed by atoms with Crippen molar-refractivity contribution < 1.29 is 0 Å². The van der Waals surface area contributed by atoms with Crippen LogP contribution >= 0.6 is 0 Å². The van der Waals surface area contributed by atoms with Gasteiger partial charge in [-0.2, -0.15) is 0 Å². The van der Waals surface area contributed by atoms with E-state index in [1.807, 2.05) is 48.9 Å². The summed E-state index contributed by atoms with van der Waals surface area (Å²) in [5.74, 6) is 0. The summed E-state index contributed by atoms with van der Waals surface area (Å²) in [4.78, 5) is 14.2. The van der Waals surface area contributed by atoms with Gasteiger partial charge in [0.15, 0.2) is 0 Å². The van der Waals surface area contributed by atoms with E-state index in [0.717, 1.165) is 39.3 Å². The fraction of sp³-hybridized carbons (Fsp3) is 0. The number of benzene rings is 6. The van der Waals surface area contributed by atoms with E-state index in [1.54, 1.807) is 0 Å². The van der Waals surface area contributed by atoms with Gasteiger partial charge in [0.1, 0.15) is 0 Å². The lowest BCUT2D eigenvalue weighted by Crippen LogP contribution is -1.92. The Morgan fingerprint density at radius 1 is 0.300 bits per heavy atom. The van der Waals surface area contributed by atoms with E-state index in [9.17, 15) is 0 Å². The topological polar surface area (TPSA) is 38.7 Å². The molecule has 0 fully saturated rings. The number of hydrogen-bond acceptors (Lipinski definition) is 3. The molecular formula is C47H29N3. The highest BCUT2D eigenvalue weighted by atomic mass is 14.7. The molecular weight excluding hydrogens is 607 g/mol. The summed E-state index contributed by atoms with van der Waals surface area (Å²) in [6.07, 6.45) is 5.59. The third kappa shape index (κ3) is 4.56. The number of fused-ring (bicyclic) bond motifs is 5. The maximum atomic E-state index is 4.96. The highest BCUT2D eigenvalue weighted by Crippen LogP contribution is 2.54. The summed E-state index contributed by atoms with van der Waals surface area (Å²) >= 11 is 0. The SMILES string of the molecule is c1ccc(-c2ccc3c(c2)-c2cccc4c(-c5cc(-c6ccccn6)cc(-c6ccc(-c7ccccn7)cn6)c5)c5ccccc5c-3c24)cc1. The Morgan fingerprint density at radius 3 is 1.62 bits per heavy atom. The van der Waals surface area contributed by atoms with Gasteiger partial charge in [-0.05, 0) is 127 Å². The summed E-state index contributed by atoms with van der Waals surface area (Å²) in [5, 5.41) is 5.05. The lowest BCUT2D eigenvalue weighted by molar-refractivity contribution is 1.28. The average molecular weight is 636 g/mol. The summed E-state index contributed by atoms with van der Waals surface area (Å²) < 4.78 is 0. The molecule has 3 nitrogen and oxygen atoms in total. The average Bonchev–Trinajstić information content (AvgIpc) is 3.54. The van der Waals surface area contributed by atoms with Crippen molar-refractivity contribution in [3.63, 3.8) is 0 Å². The molecule has 50 heavy (non-hydrogen) atoms. The monoisotopic (exact) mass is 635 g/mol. The van der Waals surface area contributed by atoms with Crippen molar-refractivity contribution in [3.05, 3.63) is 176 Å². The van der Waals surface area contributed by atoms with Crippen LogP contribution in [0.1, 0.15) is 0 Å². The molecule has 9 aromatic rings. The summed E-state index contributed by atoms with van der Waals surface area (Å²) in [6.45, 7) is 0. The van der Waals surface area contributed by atoms with E-state index in [1.165, 1.54) is 60.5 Å². The minimum Gasteiger partial charge on any atom is -0.256 e. The van der Waals surface area contributed by atoms with Crippen LogP contribution in [0.25, 0.3) is 99.8 Å². The molecule has 0 spiro atoms. The van der Waals surface area contributed by atoms with Crippen molar-refractivity contribution in [2.45, 2.75) is 0 Å². The summed E-state index contributed by atoms with van der Waals surface area (Å²) in [6, 6.07) is 56.3. The van der Waals surface area contributed by atoms with Crippen LogP contribution in [0.5, 0.6) is 0 Å². The van der Waals surface area contributed by atoms with Crippen LogP contribution in [0.15, 0.2) is 176 Å². The molecule has 0 saturated carbocycles. The second kappa shape index (κ2) is 11.5. The summed E-state index contributed by atoms with van der Waals surface area (Å²) in [5.41, 5.74) is 15.8. The van der Waals surface area contributed by atoms with Crippen LogP contribution in [-0.4, -0.2) is 15.0 Å². The lowest BCUT2D eigenvalue weighted by Gasteiger charge is -2.17. The molecule has 10 rings (SSSR count). The van der Waals surface area contributed by atoms with Crippen LogP contribution in [-0.2, 0) is 0 Å². The molecule has 232 valence electrons. The molecule has 3 aromatic heterocycles. The van der Waals surface area contributed by atoms with Gasteiger partial charge in [0.2, 0.25) is 0 Å². The Labute approximate surface area is 290 Å². The predicted octanol–water partition coefficient (Wildman–Crippen LogP) is 12.2. The van der Waals surface area contributed by atoms with Gasteiger partial charge in [0, 0.05) is 35.3 Å². The Hall–Kier alpha value is -6.71.